The first-order valence-electron chi connectivity index (χ1n) is 6.77. The van der Waals surface area contributed by atoms with Crippen molar-refractivity contribution in [2.45, 2.75) is 25.9 Å². The van der Waals surface area contributed by atoms with Crippen LogP contribution in [0.4, 0.5) is 5.69 Å². The number of benzene rings is 1. The minimum Gasteiger partial charge on any atom is -0.738 e. The molecule has 3 N–H and O–H groups in total. The summed E-state index contributed by atoms with van der Waals surface area (Å²) in [5.74, 6) is 0. The van der Waals surface area contributed by atoms with Gasteiger partial charge >= 0.3 is 0 Å². The second-order valence-electron chi connectivity index (χ2n) is 4.28. The van der Waals surface area contributed by atoms with E-state index in [1.807, 2.05) is 12.1 Å². The maximum absolute atomic E-state index is 5.60. The summed E-state index contributed by atoms with van der Waals surface area (Å²) in [6.07, 6.45) is 0. The molecule has 0 bridgehead atoms. The zero-order valence-corrected chi connectivity index (χ0v) is 13.0. The van der Waals surface area contributed by atoms with Gasteiger partial charge < -0.3 is 23.3 Å². The molecule has 0 unspecified atom stereocenters. The fourth-order valence-electron chi connectivity index (χ4n) is 1.75. The number of nitrogens with one attached hydrogen (secondary N) is 1. The SMILES string of the molecule is CC[NH+](CC)CC.Nc1cccc(-n2nnnc2[S-])c1. The minimum absolute atomic E-state index is 0.325. The van der Waals surface area contributed by atoms with Crippen molar-refractivity contribution in [3.63, 3.8) is 0 Å². The first-order valence-corrected chi connectivity index (χ1v) is 7.18. The molecule has 0 aliphatic carbocycles. The Bertz CT molecular complexity index is 504. The molecule has 0 spiro atoms. The molecule has 0 aliphatic heterocycles. The van der Waals surface area contributed by atoms with Crippen LogP contribution in [0.1, 0.15) is 20.8 Å². The molecule has 0 amide bonds. The molecule has 0 saturated carbocycles. The van der Waals surface area contributed by atoms with Crippen LogP contribution >= 0.6 is 0 Å². The van der Waals surface area contributed by atoms with Crippen LogP contribution in [0.15, 0.2) is 29.4 Å². The van der Waals surface area contributed by atoms with Crippen LogP contribution in [0.25, 0.3) is 5.69 Å². The highest BCUT2D eigenvalue weighted by atomic mass is 32.1. The Balaban J connectivity index is 0.000000246. The molecular weight excluding hydrogens is 272 g/mol. The summed E-state index contributed by atoms with van der Waals surface area (Å²) in [6, 6.07) is 7.20. The number of aromatic nitrogens is 4. The molecule has 7 heteroatoms. The lowest BCUT2D eigenvalue weighted by Crippen LogP contribution is -3.11. The molecule has 2 aromatic rings. The fraction of sp³-hybridized carbons (Fsp3) is 0.462. The zero-order chi connectivity index (χ0) is 15.0. The van der Waals surface area contributed by atoms with Gasteiger partial charge in [0.15, 0.2) is 0 Å². The van der Waals surface area contributed by atoms with E-state index in [0.717, 1.165) is 5.69 Å². The lowest BCUT2D eigenvalue weighted by Gasteiger charge is -2.10. The predicted molar refractivity (Wildman–Crippen MR) is 81.8 cm³/mol. The molecule has 1 aromatic heterocycles. The average molecular weight is 294 g/mol. The van der Waals surface area contributed by atoms with Crippen LogP contribution in [0.3, 0.4) is 0 Å². The van der Waals surface area contributed by atoms with Crippen molar-refractivity contribution >= 4 is 18.3 Å². The summed E-state index contributed by atoms with van der Waals surface area (Å²) in [6.45, 7) is 10.5. The molecule has 0 radical (unpaired) electrons. The number of quaternary nitrogens is 1. The summed E-state index contributed by atoms with van der Waals surface area (Å²) < 4.78 is 1.45. The third-order valence-corrected chi connectivity index (χ3v) is 3.31. The third kappa shape index (κ3) is 4.75. The quantitative estimate of drug-likeness (QED) is 0.617. The molecule has 2 rings (SSSR count). The maximum Gasteiger partial charge on any atom is 0.0742 e. The van der Waals surface area contributed by atoms with Gasteiger partial charge in [-0.3, -0.25) is 0 Å². The van der Waals surface area contributed by atoms with E-state index in [-0.39, 0.29) is 0 Å². The number of nitrogen functional groups attached to an aromatic ring is 1. The summed E-state index contributed by atoms with van der Waals surface area (Å²) in [5.41, 5.74) is 7.03. The van der Waals surface area contributed by atoms with E-state index in [1.54, 1.807) is 17.0 Å². The lowest BCUT2D eigenvalue weighted by atomic mass is 10.3. The second kappa shape index (κ2) is 8.44. The molecule has 20 heavy (non-hydrogen) atoms. The molecular formula is C13H22N6S. The Morgan fingerprint density at radius 3 is 2.25 bits per heavy atom. The topological polar surface area (TPSA) is 74.1 Å². The van der Waals surface area contributed by atoms with E-state index in [9.17, 15) is 0 Å². The number of hydrogen-bond acceptors (Lipinski definition) is 5. The van der Waals surface area contributed by atoms with Gasteiger partial charge in [-0.2, -0.15) is 0 Å². The standard InChI is InChI=1S/C7H7N5S.C6H15N/c8-5-2-1-3-6(4-5)12-7(13)9-10-11-12;1-4-7(5-2)6-3/h1-4H,8H2,(H,9,11,13);4-6H2,1-3H3. The van der Waals surface area contributed by atoms with E-state index in [4.69, 9.17) is 18.4 Å². The molecule has 110 valence electrons. The Morgan fingerprint density at radius 1 is 1.20 bits per heavy atom. The van der Waals surface area contributed by atoms with Crippen molar-refractivity contribution in [1.82, 2.24) is 20.2 Å². The maximum atomic E-state index is 5.60. The monoisotopic (exact) mass is 294 g/mol. The van der Waals surface area contributed by atoms with Gasteiger partial charge in [-0.25, -0.2) is 4.68 Å². The van der Waals surface area contributed by atoms with Crippen LogP contribution < -0.4 is 10.6 Å². The van der Waals surface area contributed by atoms with Crippen LogP contribution in [-0.4, -0.2) is 39.8 Å². The summed E-state index contributed by atoms with van der Waals surface area (Å²) in [4.78, 5) is 1.68. The Hall–Kier alpha value is -1.73. The van der Waals surface area contributed by atoms with Gasteiger partial charge in [-0.15, -0.1) is 5.10 Å². The van der Waals surface area contributed by atoms with Gasteiger partial charge in [0.05, 0.1) is 25.3 Å². The summed E-state index contributed by atoms with van der Waals surface area (Å²) in [7, 11) is 0. The van der Waals surface area contributed by atoms with Crippen LogP contribution in [0.2, 0.25) is 0 Å². The van der Waals surface area contributed by atoms with Crippen LogP contribution in [0.5, 0.6) is 0 Å². The highest BCUT2D eigenvalue weighted by molar-refractivity contribution is 7.58. The molecule has 0 aliphatic rings. The van der Waals surface area contributed by atoms with E-state index >= 15 is 0 Å². The van der Waals surface area contributed by atoms with Crippen LogP contribution in [0, 0.1) is 0 Å². The number of nitrogens with zero attached hydrogens (tertiary/aromatic N) is 4. The molecule has 0 saturated heterocycles. The lowest BCUT2D eigenvalue weighted by molar-refractivity contribution is -0.894. The molecule has 6 nitrogen and oxygen atoms in total. The largest absolute Gasteiger partial charge is 0.738 e. The van der Waals surface area contributed by atoms with Crippen molar-refractivity contribution in [3.05, 3.63) is 24.3 Å². The highest BCUT2D eigenvalue weighted by Gasteiger charge is 1.98. The Kier molecular flexibility index (Phi) is 6.89. The number of nitrogens with two attached hydrogens (primary N) is 1. The van der Waals surface area contributed by atoms with Crippen molar-refractivity contribution in [3.8, 4) is 5.69 Å². The fourth-order valence-corrected chi connectivity index (χ4v) is 1.93. The predicted octanol–water partition coefficient (Wildman–Crippen LogP) is 0.0813. The van der Waals surface area contributed by atoms with E-state index in [2.05, 4.69) is 36.3 Å². The van der Waals surface area contributed by atoms with Gasteiger partial charge in [0.25, 0.3) is 0 Å². The third-order valence-electron chi connectivity index (χ3n) is 3.06. The van der Waals surface area contributed by atoms with Crippen molar-refractivity contribution in [1.29, 1.82) is 0 Å². The summed E-state index contributed by atoms with van der Waals surface area (Å²) >= 11 is 4.90. The summed E-state index contributed by atoms with van der Waals surface area (Å²) in [5, 5.41) is 11.1. The first-order chi connectivity index (χ1) is 9.62. The smallest absolute Gasteiger partial charge is 0.0742 e. The van der Waals surface area contributed by atoms with Gasteiger partial charge in [0.2, 0.25) is 0 Å². The number of anilines is 1. The molecule has 1 heterocycles. The average Bonchev–Trinajstić information content (AvgIpc) is 2.88. The number of rotatable bonds is 4. The second-order valence-corrected chi connectivity index (χ2v) is 4.64. The van der Waals surface area contributed by atoms with E-state index < -0.39 is 0 Å². The van der Waals surface area contributed by atoms with Crippen molar-refractivity contribution in [2.75, 3.05) is 25.4 Å². The Labute approximate surface area is 125 Å². The van der Waals surface area contributed by atoms with Gasteiger partial charge in [0, 0.05) is 10.8 Å². The van der Waals surface area contributed by atoms with E-state index in [0.29, 0.717) is 10.8 Å². The van der Waals surface area contributed by atoms with Gasteiger partial charge in [-0.05, 0) is 49.4 Å². The molecule has 0 atom stereocenters. The number of tetrazole rings is 1. The molecule has 1 aromatic carbocycles. The minimum atomic E-state index is 0.325. The van der Waals surface area contributed by atoms with Gasteiger partial charge in [0.1, 0.15) is 0 Å². The van der Waals surface area contributed by atoms with Crippen molar-refractivity contribution in [2.24, 2.45) is 0 Å². The highest BCUT2D eigenvalue weighted by Crippen LogP contribution is 2.11. The number of hydrogen-bond donors (Lipinski definition) is 2. The normalized spacial score (nSPS) is 10.2. The van der Waals surface area contributed by atoms with Gasteiger partial charge in [-0.1, -0.05) is 6.07 Å². The Morgan fingerprint density at radius 2 is 1.85 bits per heavy atom. The molecule has 0 fully saturated rings. The zero-order valence-electron chi connectivity index (χ0n) is 12.2. The van der Waals surface area contributed by atoms with Crippen molar-refractivity contribution < 1.29 is 4.90 Å². The first kappa shape index (κ1) is 16.3. The van der Waals surface area contributed by atoms with E-state index in [1.165, 1.54) is 24.3 Å². The van der Waals surface area contributed by atoms with Crippen LogP contribution in [-0.2, 0) is 12.6 Å².